The molecule has 0 spiro atoms. The summed E-state index contributed by atoms with van der Waals surface area (Å²) in [5.74, 6) is 0. The van der Waals surface area contributed by atoms with E-state index in [-0.39, 0.29) is 18.1 Å². The average molecular weight is 463 g/mol. The second-order valence-corrected chi connectivity index (χ2v) is 10.7. The van der Waals surface area contributed by atoms with E-state index in [0.717, 1.165) is 58.2 Å². The summed E-state index contributed by atoms with van der Waals surface area (Å²) in [6.07, 6.45) is 5.56. The molecule has 6 nitrogen and oxygen atoms in total. The summed E-state index contributed by atoms with van der Waals surface area (Å²) in [6.45, 7) is 15.9. The lowest BCUT2D eigenvalue weighted by atomic mass is 9.93. The Labute approximate surface area is 204 Å². The number of hydrogen-bond donors (Lipinski definition) is 6. The van der Waals surface area contributed by atoms with Gasteiger partial charge in [0, 0.05) is 36.3 Å². The molecule has 33 heavy (non-hydrogen) atoms. The van der Waals surface area contributed by atoms with Gasteiger partial charge >= 0.3 is 0 Å². The van der Waals surface area contributed by atoms with E-state index >= 15 is 0 Å². The van der Waals surface area contributed by atoms with Crippen LogP contribution >= 0.6 is 0 Å². The van der Waals surface area contributed by atoms with Crippen molar-refractivity contribution in [1.82, 2.24) is 16.0 Å². The van der Waals surface area contributed by atoms with E-state index in [1.54, 1.807) is 0 Å². The molecule has 0 aliphatic rings. The summed E-state index contributed by atoms with van der Waals surface area (Å²) in [7, 11) is 0. The summed E-state index contributed by atoms with van der Waals surface area (Å²) in [4.78, 5) is 0. The predicted molar refractivity (Wildman–Crippen MR) is 145 cm³/mol. The normalized spacial score (nSPS) is 14.9. The van der Waals surface area contributed by atoms with Crippen molar-refractivity contribution in [2.45, 2.75) is 116 Å². The molecule has 0 saturated carbocycles. The minimum Gasteiger partial charge on any atom is -0.327 e. The Morgan fingerprint density at radius 3 is 0.970 bits per heavy atom. The van der Waals surface area contributed by atoms with Gasteiger partial charge in [0.05, 0.1) is 0 Å². The van der Waals surface area contributed by atoms with E-state index in [0.29, 0.717) is 18.1 Å². The summed E-state index contributed by atoms with van der Waals surface area (Å²) in [5.41, 5.74) is 23.3. The molecule has 1 aromatic carbocycles. The van der Waals surface area contributed by atoms with Crippen molar-refractivity contribution in [3.8, 4) is 0 Å². The zero-order chi connectivity index (χ0) is 24.8. The molecule has 0 bridgehead atoms. The van der Waals surface area contributed by atoms with Crippen LogP contribution in [0.1, 0.15) is 77.5 Å². The SMILES string of the molecule is CC(C)NCCC(N)Cc1cc(CC(N)CCNC(C)C)cc(CC(N)CCNC(C)C)c1. The van der Waals surface area contributed by atoms with Crippen LogP contribution in [0.2, 0.25) is 0 Å². The molecule has 1 aromatic rings. The standard InChI is InChI=1S/C27H54N6/c1-19(2)31-10-7-25(28)16-22-13-23(17-26(29)8-11-32-20(3)4)15-24(14-22)18-27(30)9-12-33-21(5)6/h13-15,19-21,25-27,31-33H,7-12,16-18,28-30H2,1-6H3. The highest BCUT2D eigenvalue weighted by atomic mass is 14.9. The molecule has 3 unspecified atom stereocenters. The van der Waals surface area contributed by atoms with E-state index in [2.05, 4.69) is 75.7 Å². The first-order chi connectivity index (χ1) is 15.5. The average Bonchev–Trinajstić information content (AvgIpc) is 2.66. The molecule has 0 saturated heterocycles. The van der Waals surface area contributed by atoms with Crippen LogP contribution in [0, 0.1) is 0 Å². The van der Waals surface area contributed by atoms with Crippen molar-refractivity contribution in [3.63, 3.8) is 0 Å². The first kappa shape index (κ1) is 30.0. The third kappa shape index (κ3) is 15.5. The quantitative estimate of drug-likeness (QED) is 0.200. The zero-order valence-electron chi connectivity index (χ0n) is 22.3. The minimum absolute atomic E-state index is 0.146. The molecule has 0 fully saturated rings. The number of nitrogens with two attached hydrogens (primary N) is 3. The van der Waals surface area contributed by atoms with Gasteiger partial charge in [-0.1, -0.05) is 59.7 Å². The van der Waals surface area contributed by atoms with Crippen LogP contribution in [0.5, 0.6) is 0 Å². The molecule has 0 aromatic heterocycles. The number of rotatable bonds is 18. The second kappa shape index (κ2) is 16.6. The van der Waals surface area contributed by atoms with Gasteiger partial charge in [-0.25, -0.2) is 0 Å². The fraction of sp³-hybridized carbons (Fsp3) is 0.778. The largest absolute Gasteiger partial charge is 0.327 e. The van der Waals surface area contributed by atoms with Gasteiger partial charge in [-0.2, -0.15) is 0 Å². The first-order valence-electron chi connectivity index (χ1n) is 13.1. The molecule has 0 aliphatic heterocycles. The summed E-state index contributed by atoms with van der Waals surface area (Å²) < 4.78 is 0. The van der Waals surface area contributed by atoms with Crippen LogP contribution < -0.4 is 33.2 Å². The van der Waals surface area contributed by atoms with E-state index in [1.165, 1.54) is 16.7 Å². The predicted octanol–water partition coefficient (Wildman–Crippen LogP) is 2.46. The Kier molecular flexibility index (Phi) is 15.1. The first-order valence-corrected chi connectivity index (χ1v) is 13.1. The Morgan fingerprint density at radius 1 is 0.515 bits per heavy atom. The lowest BCUT2D eigenvalue weighted by Gasteiger charge is -2.19. The Hall–Kier alpha value is -1.02. The van der Waals surface area contributed by atoms with Crippen molar-refractivity contribution >= 4 is 0 Å². The summed E-state index contributed by atoms with van der Waals surface area (Å²) in [5, 5.41) is 10.4. The van der Waals surface area contributed by atoms with Crippen LogP contribution in [0.4, 0.5) is 0 Å². The molecule has 0 heterocycles. The molecule has 1 rings (SSSR count). The summed E-state index contributed by atoms with van der Waals surface area (Å²) in [6, 6.07) is 8.83. The van der Waals surface area contributed by atoms with Gasteiger partial charge in [0.1, 0.15) is 0 Å². The minimum atomic E-state index is 0.146. The maximum absolute atomic E-state index is 6.48. The number of benzene rings is 1. The topological polar surface area (TPSA) is 114 Å². The third-order valence-corrected chi connectivity index (χ3v) is 5.81. The molecule has 0 radical (unpaired) electrons. The van der Waals surface area contributed by atoms with E-state index < -0.39 is 0 Å². The van der Waals surface area contributed by atoms with Gasteiger partial charge in [0.15, 0.2) is 0 Å². The van der Waals surface area contributed by atoms with Crippen LogP contribution in [0.25, 0.3) is 0 Å². The highest BCUT2D eigenvalue weighted by Crippen LogP contribution is 2.17. The van der Waals surface area contributed by atoms with Gasteiger partial charge in [-0.15, -0.1) is 0 Å². The monoisotopic (exact) mass is 462 g/mol. The fourth-order valence-electron chi connectivity index (χ4n) is 4.08. The van der Waals surface area contributed by atoms with Crippen LogP contribution in [-0.4, -0.2) is 55.9 Å². The van der Waals surface area contributed by atoms with Gasteiger partial charge in [-0.3, -0.25) is 0 Å². The Bertz CT molecular complexity index is 533. The van der Waals surface area contributed by atoms with E-state index in [9.17, 15) is 0 Å². The Morgan fingerprint density at radius 2 is 0.758 bits per heavy atom. The van der Waals surface area contributed by atoms with Gasteiger partial charge < -0.3 is 33.2 Å². The molecule has 192 valence electrons. The third-order valence-electron chi connectivity index (χ3n) is 5.81. The Balaban J connectivity index is 2.81. The fourth-order valence-corrected chi connectivity index (χ4v) is 4.08. The highest BCUT2D eigenvalue weighted by Gasteiger charge is 2.12. The second-order valence-electron chi connectivity index (χ2n) is 10.7. The molecule has 0 aliphatic carbocycles. The van der Waals surface area contributed by atoms with Crippen molar-refractivity contribution in [1.29, 1.82) is 0 Å². The van der Waals surface area contributed by atoms with Crippen LogP contribution in [-0.2, 0) is 19.3 Å². The van der Waals surface area contributed by atoms with Gasteiger partial charge in [0.2, 0.25) is 0 Å². The zero-order valence-corrected chi connectivity index (χ0v) is 22.3. The van der Waals surface area contributed by atoms with Crippen molar-refractivity contribution in [2.75, 3.05) is 19.6 Å². The highest BCUT2D eigenvalue weighted by molar-refractivity contribution is 5.32. The van der Waals surface area contributed by atoms with Crippen LogP contribution in [0.3, 0.4) is 0 Å². The molecular formula is C27H54N6. The van der Waals surface area contributed by atoms with Crippen LogP contribution in [0.15, 0.2) is 18.2 Å². The summed E-state index contributed by atoms with van der Waals surface area (Å²) >= 11 is 0. The molecule has 3 atom stereocenters. The lowest BCUT2D eigenvalue weighted by molar-refractivity contribution is 0.516. The number of hydrogen-bond acceptors (Lipinski definition) is 6. The maximum Gasteiger partial charge on any atom is 0.00914 e. The number of nitrogens with one attached hydrogen (secondary N) is 3. The molecular weight excluding hydrogens is 408 g/mol. The smallest absolute Gasteiger partial charge is 0.00914 e. The van der Waals surface area contributed by atoms with Crippen molar-refractivity contribution < 1.29 is 0 Å². The van der Waals surface area contributed by atoms with Gasteiger partial charge in [0.25, 0.3) is 0 Å². The van der Waals surface area contributed by atoms with E-state index in [4.69, 9.17) is 17.2 Å². The molecule has 6 heteroatoms. The molecule has 9 N–H and O–H groups in total. The molecule has 0 amide bonds. The van der Waals surface area contributed by atoms with Gasteiger partial charge in [-0.05, 0) is 74.8 Å². The maximum atomic E-state index is 6.48. The lowest BCUT2D eigenvalue weighted by Crippen LogP contribution is -2.32. The van der Waals surface area contributed by atoms with Crippen molar-refractivity contribution in [3.05, 3.63) is 34.9 Å². The van der Waals surface area contributed by atoms with Crippen molar-refractivity contribution in [2.24, 2.45) is 17.2 Å². The van der Waals surface area contributed by atoms with E-state index in [1.807, 2.05) is 0 Å².